The van der Waals surface area contributed by atoms with Gasteiger partial charge in [-0.25, -0.2) is 0 Å². The lowest BCUT2D eigenvalue weighted by molar-refractivity contribution is -0.140. The molecule has 0 saturated heterocycles. The average Bonchev–Trinajstić information content (AvgIpc) is 2.50. The van der Waals surface area contributed by atoms with Crippen LogP contribution in [0.25, 0.3) is 10.8 Å². The van der Waals surface area contributed by atoms with Gasteiger partial charge >= 0.3 is 6.18 Å². The normalized spacial score (nSPS) is 11.3. The first-order chi connectivity index (χ1) is 10.8. The fraction of sp³-hybridized carbons (Fsp3) is 0.250. The van der Waals surface area contributed by atoms with Gasteiger partial charge in [0, 0.05) is 6.54 Å². The highest BCUT2D eigenvalue weighted by Gasteiger charge is 2.27. The van der Waals surface area contributed by atoms with Crippen LogP contribution in [0.5, 0.6) is 0 Å². The molecule has 0 atom stereocenters. The summed E-state index contributed by atoms with van der Waals surface area (Å²) in [6.45, 7) is -1.24. The Morgan fingerprint density at radius 3 is 2.26 bits per heavy atom. The zero-order valence-corrected chi connectivity index (χ0v) is 12.1. The second-order valence-corrected chi connectivity index (χ2v) is 5.03. The molecule has 2 N–H and O–H groups in total. The van der Waals surface area contributed by atoms with Crippen molar-refractivity contribution in [2.75, 3.05) is 6.54 Å². The highest BCUT2D eigenvalue weighted by molar-refractivity contribution is 5.96. The molecule has 0 aliphatic heterocycles. The van der Waals surface area contributed by atoms with E-state index in [4.69, 9.17) is 0 Å². The Hall–Kier alpha value is -2.57. The highest BCUT2D eigenvalue weighted by atomic mass is 19.4. The molecule has 0 heterocycles. The van der Waals surface area contributed by atoms with Crippen molar-refractivity contribution < 1.29 is 22.8 Å². The van der Waals surface area contributed by atoms with Crippen molar-refractivity contribution >= 4 is 22.6 Å². The maximum absolute atomic E-state index is 11.9. The summed E-state index contributed by atoms with van der Waals surface area (Å²) in [5.41, 5.74) is 0.841. The second kappa shape index (κ2) is 7.13. The Morgan fingerprint density at radius 1 is 0.913 bits per heavy atom. The van der Waals surface area contributed by atoms with Gasteiger partial charge in [-0.1, -0.05) is 36.4 Å². The Balaban J connectivity index is 1.82. The lowest BCUT2D eigenvalue weighted by Gasteiger charge is -2.09. The number of nitrogens with one attached hydrogen (secondary N) is 2. The number of benzene rings is 2. The SMILES string of the molecule is O=C(CC(=O)NCC(F)(F)F)NCc1ccc2ccccc2c1. The van der Waals surface area contributed by atoms with Gasteiger partial charge in [0.05, 0.1) is 0 Å². The fourth-order valence-corrected chi connectivity index (χ4v) is 2.02. The van der Waals surface area contributed by atoms with Crippen LogP contribution < -0.4 is 10.6 Å². The topological polar surface area (TPSA) is 58.2 Å². The van der Waals surface area contributed by atoms with Crippen LogP contribution in [0.4, 0.5) is 13.2 Å². The van der Waals surface area contributed by atoms with Gasteiger partial charge in [-0.2, -0.15) is 13.2 Å². The third-order valence-corrected chi connectivity index (χ3v) is 3.11. The molecule has 0 bridgehead atoms. The molecule has 0 radical (unpaired) electrons. The maximum atomic E-state index is 11.9. The summed E-state index contributed by atoms with van der Waals surface area (Å²) in [6, 6.07) is 13.4. The van der Waals surface area contributed by atoms with Crippen molar-refractivity contribution in [1.29, 1.82) is 0 Å². The molecule has 0 fully saturated rings. The van der Waals surface area contributed by atoms with Gasteiger partial charge in [-0.15, -0.1) is 0 Å². The van der Waals surface area contributed by atoms with Crippen molar-refractivity contribution in [3.63, 3.8) is 0 Å². The van der Waals surface area contributed by atoms with Crippen molar-refractivity contribution in [2.24, 2.45) is 0 Å². The van der Waals surface area contributed by atoms with E-state index in [1.807, 2.05) is 42.5 Å². The van der Waals surface area contributed by atoms with Crippen molar-refractivity contribution in [1.82, 2.24) is 10.6 Å². The Labute approximate surface area is 130 Å². The van der Waals surface area contributed by atoms with Crippen molar-refractivity contribution in [2.45, 2.75) is 19.1 Å². The smallest absolute Gasteiger partial charge is 0.352 e. The molecule has 4 nitrogen and oxygen atoms in total. The van der Waals surface area contributed by atoms with Gasteiger partial charge in [0.2, 0.25) is 11.8 Å². The summed E-state index contributed by atoms with van der Waals surface area (Å²) < 4.78 is 35.8. The minimum absolute atomic E-state index is 0.205. The molecule has 2 aromatic rings. The number of rotatable bonds is 5. The quantitative estimate of drug-likeness (QED) is 0.831. The van der Waals surface area contributed by atoms with Crippen molar-refractivity contribution in [3.8, 4) is 0 Å². The molecule has 2 rings (SSSR count). The molecule has 7 heteroatoms. The summed E-state index contributed by atoms with van der Waals surface area (Å²) >= 11 is 0. The minimum atomic E-state index is -4.49. The standard InChI is InChI=1S/C16H15F3N2O2/c17-16(18,19)10-21-15(23)8-14(22)20-9-11-5-6-12-3-1-2-4-13(12)7-11/h1-7H,8-10H2,(H,20,22)(H,21,23). The van der Waals surface area contributed by atoms with Gasteiger partial charge in [0.1, 0.15) is 13.0 Å². The van der Waals surface area contributed by atoms with Crippen molar-refractivity contribution in [3.05, 3.63) is 48.0 Å². The number of fused-ring (bicyclic) bond motifs is 1. The molecule has 0 spiro atoms. The van der Waals surface area contributed by atoms with Crippen LogP contribution in [0.2, 0.25) is 0 Å². The van der Waals surface area contributed by atoms with Gasteiger partial charge in [-0.05, 0) is 22.4 Å². The van der Waals surface area contributed by atoms with Crippen LogP contribution in [-0.2, 0) is 16.1 Å². The second-order valence-electron chi connectivity index (χ2n) is 5.03. The maximum Gasteiger partial charge on any atom is 0.405 e. The molecular weight excluding hydrogens is 309 g/mol. The van der Waals surface area contributed by atoms with E-state index in [9.17, 15) is 22.8 Å². The lowest BCUT2D eigenvalue weighted by Crippen LogP contribution is -2.37. The Morgan fingerprint density at radius 2 is 1.57 bits per heavy atom. The van der Waals surface area contributed by atoms with E-state index in [1.54, 1.807) is 5.32 Å². The first-order valence-corrected chi connectivity index (χ1v) is 6.91. The van der Waals surface area contributed by atoms with E-state index in [2.05, 4.69) is 5.32 Å². The minimum Gasteiger partial charge on any atom is -0.352 e. The van der Waals surface area contributed by atoms with Crippen LogP contribution in [0.15, 0.2) is 42.5 Å². The summed E-state index contributed by atoms with van der Waals surface area (Å²) in [5, 5.41) is 6.24. The first-order valence-electron chi connectivity index (χ1n) is 6.91. The molecule has 0 saturated carbocycles. The molecular formula is C16H15F3N2O2. The van der Waals surface area contributed by atoms with Gasteiger partial charge < -0.3 is 10.6 Å². The van der Waals surface area contributed by atoms with E-state index in [-0.39, 0.29) is 6.54 Å². The lowest BCUT2D eigenvalue weighted by atomic mass is 10.1. The number of amides is 2. The summed E-state index contributed by atoms with van der Waals surface area (Å²) in [5.74, 6) is -1.59. The average molecular weight is 324 g/mol. The Kier molecular flexibility index (Phi) is 5.20. The zero-order chi connectivity index (χ0) is 16.9. The third kappa shape index (κ3) is 5.61. The molecule has 2 aromatic carbocycles. The highest BCUT2D eigenvalue weighted by Crippen LogP contribution is 2.15. The molecule has 0 aliphatic rings. The molecule has 0 aromatic heterocycles. The van der Waals surface area contributed by atoms with E-state index in [1.165, 1.54) is 0 Å². The molecule has 2 amide bonds. The predicted molar refractivity (Wildman–Crippen MR) is 79.5 cm³/mol. The first kappa shape index (κ1) is 16.8. The van der Waals surface area contributed by atoms with E-state index < -0.39 is 31.0 Å². The molecule has 122 valence electrons. The fourth-order valence-electron chi connectivity index (χ4n) is 2.02. The number of halogens is 3. The van der Waals surface area contributed by atoms with Gasteiger partial charge in [0.25, 0.3) is 0 Å². The Bertz CT molecular complexity index is 714. The number of hydrogen-bond donors (Lipinski definition) is 2. The largest absolute Gasteiger partial charge is 0.405 e. The van der Waals surface area contributed by atoms with E-state index in [0.29, 0.717) is 0 Å². The zero-order valence-electron chi connectivity index (χ0n) is 12.1. The number of hydrogen-bond acceptors (Lipinski definition) is 2. The van der Waals surface area contributed by atoms with Crippen LogP contribution in [0.1, 0.15) is 12.0 Å². The predicted octanol–water partition coefficient (Wildman–Crippen LogP) is 2.52. The van der Waals surface area contributed by atoms with Crippen LogP contribution >= 0.6 is 0 Å². The number of carbonyl (C=O) groups is 2. The third-order valence-electron chi connectivity index (χ3n) is 3.11. The summed E-state index contributed by atoms with van der Waals surface area (Å²) in [4.78, 5) is 22.8. The molecule has 23 heavy (non-hydrogen) atoms. The number of carbonyl (C=O) groups excluding carboxylic acids is 2. The van der Waals surface area contributed by atoms with Crippen LogP contribution in [0.3, 0.4) is 0 Å². The van der Waals surface area contributed by atoms with E-state index >= 15 is 0 Å². The summed E-state index contributed by atoms with van der Waals surface area (Å²) in [7, 11) is 0. The number of alkyl halides is 3. The molecule has 0 unspecified atom stereocenters. The van der Waals surface area contributed by atoms with Gasteiger partial charge in [-0.3, -0.25) is 9.59 Å². The summed E-state index contributed by atoms with van der Waals surface area (Å²) in [6.07, 6.45) is -5.12. The molecule has 0 aliphatic carbocycles. The monoisotopic (exact) mass is 324 g/mol. The van der Waals surface area contributed by atoms with E-state index in [0.717, 1.165) is 16.3 Å². The van der Waals surface area contributed by atoms with Crippen LogP contribution in [0, 0.1) is 0 Å². The van der Waals surface area contributed by atoms with Gasteiger partial charge in [0.15, 0.2) is 0 Å². The van der Waals surface area contributed by atoms with Crippen LogP contribution in [-0.4, -0.2) is 24.5 Å².